The molecule has 2 aromatic carbocycles. The van der Waals surface area contributed by atoms with E-state index in [-0.39, 0.29) is 17.9 Å². The lowest BCUT2D eigenvalue weighted by molar-refractivity contribution is 0.0754. The Bertz CT molecular complexity index is 1090. The summed E-state index contributed by atoms with van der Waals surface area (Å²) in [6, 6.07) is 14.6. The quantitative estimate of drug-likeness (QED) is 0.613. The van der Waals surface area contributed by atoms with Gasteiger partial charge in [-0.25, -0.2) is 4.68 Å². The predicted octanol–water partition coefficient (Wildman–Crippen LogP) is 4.55. The minimum absolute atomic E-state index is 0.0189. The van der Waals surface area contributed by atoms with Gasteiger partial charge in [0.1, 0.15) is 0 Å². The molecule has 6 nitrogen and oxygen atoms in total. The molecule has 0 atom stereocenters. The normalized spacial score (nSPS) is 10.9. The van der Waals surface area contributed by atoms with Crippen molar-refractivity contribution in [2.45, 2.75) is 40.3 Å². The number of nitrogens with one attached hydrogen (secondary N) is 1. The Morgan fingerprint density at radius 3 is 2.13 bits per heavy atom. The van der Waals surface area contributed by atoms with Crippen molar-refractivity contribution in [2.75, 3.05) is 7.05 Å². The molecule has 0 aliphatic carbocycles. The number of aromatic nitrogens is 2. The minimum atomic E-state index is -0.169. The van der Waals surface area contributed by atoms with E-state index in [2.05, 4.69) is 10.4 Å². The number of carbonyl (C=O) groups is 2. The molecule has 0 saturated heterocycles. The summed E-state index contributed by atoms with van der Waals surface area (Å²) in [6.07, 6.45) is 0. The van der Waals surface area contributed by atoms with Crippen LogP contribution in [0.3, 0.4) is 0 Å². The van der Waals surface area contributed by atoms with Crippen molar-refractivity contribution >= 4 is 23.4 Å². The summed E-state index contributed by atoms with van der Waals surface area (Å²) in [7, 11) is 1.79. The zero-order valence-corrected chi connectivity index (χ0v) is 19.2. The predicted molar refractivity (Wildman–Crippen MR) is 123 cm³/mol. The Morgan fingerprint density at radius 2 is 1.61 bits per heavy atom. The molecule has 31 heavy (non-hydrogen) atoms. The van der Waals surface area contributed by atoms with Crippen LogP contribution >= 0.6 is 11.6 Å². The van der Waals surface area contributed by atoms with Crippen molar-refractivity contribution in [2.24, 2.45) is 0 Å². The number of hydrogen-bond donors (Lipinski definition) is 1. The number of halogens is 1. The van der Waals surface area contributed by atoms with E-state index in [1.807, 2.05) is 52.0 Å². The zero-order chi connectivity index (χ0) is 22.7. The highest BCUT2D eigenvalue weighted by Gasteiger charge is 2.14. The lowest BCUT2D eigenvalue weighted by atomic mass is 10.1. The standard InChI is InChI=1S/C24H27ClN4O2/c1-15(2)28(5)24(31)20-8-6-18(7-9-20)14-26-23(30)19-10-12-21(13-11-19)29-17(4)22(25)16(3)27-29/h6-13,15H,14H2,1-5H3,(H,26,30). The van der Waals surface area contributed by atoms with E-state index in [0.29, 0.717) is 22.7 Å². The zero-order valence-electron chi connectivity index (χ0n) is 18.4. The van der Waals surface area contributed by atoms with E-state index in [1.54, 1.807) is 40.9 Å². The molecule has 1 heterocycles. The molecule has 0 fully saturated rings. The third kappa shape index (κ3) is 4.97. The molecular weight excluding hydrogens is 412 g/mol. The maximum absolute atomic E-state index is 12.5. The van der Waals surface area contributed by atoms with Gasteiger partial charge in [-0.1, -0.05) is 23.7 Å². The fraction of sp³-hybridized carbons (Fsp3) is 0.292. The van der Waals surface area contributed by atoms with Crippen LogP contribution in [0.25, 0.3) is 5.69 Å². The largest absolute Gasteiger partial charge is 0.348 e. The van der Waals surface area contributed by atoms with Crippen molar-refractivity contribution in [3.8, 4) is 5.69 Å². The van der Waals surface area contributed by atoms with Gasteiger partial charge in [-0.15, -0.1) is 0 Å². The second kappa shape index (κ2) is 9.35. The first-order chi connectivity index (χ1) is 14.7. The van der Waals surface area contributed by atoms with Gasteiger partial charge in [0.05, 0.1) is 22.1 Å². The summed E-state index contributed by atoms with van der Waals surface area (Å²) in [4.78, 5) is 26.6. The first kappa shape index (κ1) is 22.6. The van der Waals surface area contributed by atoms with E-state index in [9.17, 15) is 9.59 Å². The number of carbonyl (C=O) groups excluding carboxylic acids is 2. The number of amides is 2. The number of benzene rings is 2. The number of rotatable bonds is 6. The summed E-state index contributed by atoms with van der Waals surface area (Å²) >= 11 is 6.22. The van der Waals surface area contributed by atoms with Gasteiger partial charge in [-0.05, 0) is 69.7 Å². The third-order valence-corrected chi connectivity index (χ3v) is 5.87. The van der Waals surface area contributed by atoms with Crippen LogP contribution in [0.2, 0.25) is 5.02 Å². The van der Waals surface area contributed by atoms with Crippen LogP contribution < -0.4 is 5.32 Å². The Kier molecular flexibility index (Phi) is 6.81. The van der Waals surface area contributed by atoms with Gasteiger partial charge in [-0.3, -0.25) is 9.59 Å². The molecule has 2 amide bonds. The van der Waals surface area contributed by atoms with Crippen molar-refractivity contribution in [3.63, 3.8) is 0 Å². The maximum Gasteiger partial charge on any atom is 0.253 e. The van der Waals surface area contributed by atoms with Gasteiger partial charge < -0.3 is 10.2 Å². The smallest absolute Gasteiger partial charge is 0.253 e. The molecule has 3 aromatic rings. The van der Waals surface area contributed by atoms with Crippen LogP contribution in [0.5, 0.6) is 0 Å². The van der Waals surface area contributed by atoms with Crippen LogP contribution in [0.15, 0.2) is 48.5 Å². The SMILES string of the molecule is Cc1nn(-c2ccc(C(=O)NCc3ccc(C(=O)N(C)C(C)C)cc3)cc2)c(C)c1Cl. The van der Waals surface area contributed by atoms with E-state index in [0.717, 1.165) is 22.6 Å². The van der Waals surface area contributed by atoms with Gasteiger partial charge >= 0.3 is 0 Å². The van der Waals surface area contributed by atoms with Crippen molar-refractivity contribution in [1.29, 1.82) is 0 Å². The van der Waals surface area contributed by atoms with Crippen molar-refractivity contribution < 1.29 is 9.59 Å². The first-order valence-electron chi connectivity index (χ1n) is 10.2. The third-order valence-electron chi connectivity index (χ3n) is 5.33. The summed E-state index contributed by atoms with van der Waals surface area (Å²) < 4.78 is 1.76. The van der Waals surface area contributed by atoms with Gasteiger partial charge in [0, 0.05) is 30.8 Å². The number of nitrogens with zero attached hydrogens (tertiary/aromatic N) is 3. The Morgan fingerprint density at radius 1 is 1.03 bits per heavy atom. The Balaban J connectivity index is 1.62. The molecular formula is C24H27ClN4O2. The second-order valence-electron chi connectivity index (χ2n) is 7.83. The van der Waals surface area contributed by atoms with Gasteiger partial charge in [0.2, 0.25) is 0 Å². The number of hydrogen-bond acceptors (Lipinski definition) is 3. The molecule has 0 aliphatic rings. The molecule has 0 bridgehead atoms. The molecule has 1 N–H and O–H groups in total. The average molecular weight is 439 g/mol. The van der Waals surface area contributed by atoms with Gasteiger partial charge in [0.15, 0.2) is 0 Å². The second-order valence-corrected chi connectivity index (χ2v) is 8.21. The molecule has 0 saturated carbocycles. The minimum Gasteiger partial charge on any atom is -0.348 e. The van der Waals surface area contributed by atoms with Crippen molar-refractivity contribution in [1.82, 2.24) is 20.0 Å². The fourth-order valence-electron chi connectivity index (χ4n) is 3.12. The van der Waals surface area contributed by atoms with E-state index in [1.165, 1.54) is 0 Å². The highest BCUT2D eigenvalue weighted by Crippen LogP contribution is 2.22. The molecule has 1 aromatic heterocycles. The molecule has 3 rings (SSSR count). The van der Waals surface area contributed by atoms with Gasteiger partial charge in [-0.2, -0.15) is 5.10 Å². The van der Waals surface area contributed by atoms with Crippen LogP contribution in [-0.4, -0.2) is 39.6 Å². The van der Waals surface area contributed by atoms with Crippen molar-refractivity contribution in [3.05, 3.63) is 81.6 Å². The highest BCUT2D eigenvalue weighted by molar-refractivity contribution is 6.31. The number of aryl methyl sites for hydroxylation is 1. The highest BCUT2D eigenvalue weighted by atomic mass is 35.5. The summed E-state index contributed by atoms with van der Waals surface area (Å²) in [5, 5.41) is 7.98. The summed E-state index contributed by atoms with van der Waals surface area (Å²) in [6.45, 7) is 8.09. The van der Waals surface area contributed by atoms with Crippen LogP contribution in [0, 0.1) is 13.8 Å². The monoisotopic (exact) mass is 438 g/mol. The molecule has 7 heteroatoms. The van der Waals surface area contributed by atoms with Crippen LogP contribution in [-0.2, 0) is 6.54 Å². The van der Waals surface area contributed by atoms with Crippen LogP contribution in [0.1, 0.15) is 51.5 Å². The average Bonchev–Trinajstić information content (AvgIpc) is 3.04. The Hall–Kier alpha value is -3.12. The topological polar surface area (TPSA) is 67.2 Å². The Labute approximate surface area is 187 Å². The molecule has 0 spiro atoms. The van der Waals surface area contributed by atoms with Gasteiger partial charge in [0.25, 0.3) is 11.8 Å². The molecule has 0 aliphatic heterocycles. The summed E-state index contributed by atoms with van der Waals surface area (Å²) in [5.74, 6) is -0.188. The molecule has 0 unspecified atom stereocenters. The molecule has 162 valence electrons. The lowest BCUT2D eigenvalue weighted by Gasteiger charge is -2.21. The van der Waals surface area contributed by atoms with E-state index >= 15 is 0 Å². The lowest BCUT2D eigenvalue weighted by Crippen LogP contribution is -2.32. The van der Waals surface area contributed by atoms with E-state index in [4.69, 9.17) is 11.6 Å². The van der Waals surface area contributed by atoms with Crippen LogP contribution in [0.4, 0.5) is 0 Å². The summed E-state index contributed by atoms with van der Waals surface area (Å²) in [5.41, 5.74) is 4.58. The van der Waals surface area contributed by atoms with E-state index < -0.39 is 0 Å². The first-order valence-corrected chi connectivity index (χ1v) is 10.5. The molecule has 0 radical (unpaired) electrons. The fourth-order valence-corrected chi connectivity index (χ4v) is 3.23. The maximum atomic E-state index is 12.5.